The molecule has 0 saturated heterocycles. The molecule has 0 saturated carbocycles. The van der Waals surface area contributed by atoms with Crippen molar-refractivity contribution in [3.8, 4) is 11.3 Å². The first-order chi connectivity index (χ1) is 7.70. The molecule has 0 bridgehead atoms. The second kappa shape index (κ2) is 4.26. The molecule has 84 valence electrons. The molecular weight excluding hydrogens is 200 g/mol. The van der Waals surface area contributed by atoms with Crippen molar-refractivity contribution in [3.05, 3.63) is 30.3 Å². The number of hydrogen-bond acceptors (Lipinski definition) is 3. The van der Waals surface area contributed by atoms with Gasteiger partial charge in [-0.3, -0.25) is 5.10 Å². The topological polar surface area (TPSA) is 44.0 Å². The number of aromatic amines is 1. The predicted octanol–water partition coefficient (Wildman–Crippen LogP) is 2.18. The van der Waals surface area contributed by atoms with E-state index in [1.165, 1.54) is 5.69 Å². The Morgan fingerprint density at radius 1 is 1.19 bits per heavy atom. The first-order valence-electron chi connectivity index (χ1n) is 5.21. The van der Waals surface area contributed by atoms with Crippen LogP contribution in [0, 0.1) is 0 Å². The molecule has 0 amide bonds. The van der Waals surface area contributed by atoms with Crippen LogP contribution in [0.5, 0.6) is 0 Å². The zero-order chi connectivity index (χ0) is 11.5. The van der Waals surface area contributed by atoms with Crippen LogP contribution in [0.1, 0.15) is 0 Å². The van der Waals surface area contributed by atoms with Crippen molar-refractivity contribution in [2.24, 2.45) is 0 Å². The molecule has 1 aromatic heterocycles. The Morgan fingerprint density at radius 2 is 1.88 bits per heavy atom. The first-order valence-corrected chi connectivity index (χ1v) is 5.21. The number of anilines is 2. The zero-order valence-corrected chi connectivity index (χ0v) is 9.78. The lowest BCUT2D eigenvalue weighted by Gasteiger charge is -2.12. The van der Waals surface area contributed by atoms with Crippen molar-refractivity contribution in [3.63, 3.8) is 0 Å². The number of hydrogen-bond donors (Lipinski definition) is 2. The summed E-state index contributed by atoms with van der Waals surface area (Å²) < 4.78 is 0. The lowest BCUT2D eigenvalue weighted by atomic mass is 10.1. The molecule has 0 unspecified atom stereocenters. The average molecular weight is 216 g/mol. The normalized spacial score (nSPS) is 10.2. The van der Waals surface area contributed by atoms with Gasteiger partial charge in [0.2, 0.25) is 0 Å². The van der Waals surface area contributed by atoms with E-state index in [1.807, 2.05) is 27.2 Å². The van der Waals surface area contributed by atoms with Gasteiger partial charge in [-0.15, -0.1) is 0 Å². The van der Waals surface area contributed by atoms with E-state index in [4.69, 9.17) is 0 Å². The zero-order valence-electron chi connectivity index (χ0n) is 9.78. The van der Waals surface area contributed by atoms with Crippen LogP contribution in [0.4, 0.5) is 11.5 Å². The molecule has 1 heterocycles. The maximum Gasteiger partial charge on any atom is 0.148 e. The van der Waals surface area contributed by atoms with Gasteiger partial charge >= 0.3 is 0 Å². The quantitative estimate of drug-likeness (QED) is 0.826. The van der Waals surface area contributed by atoms with E-state index < -0.39 is 0 Å². The average Bonchev–Trinajstić information content (AvgIpc) is 2.77. The molecule has 2 aromatic rings. The summed E-state index contributed by atoms with van der Waals surface area (Å²) in [6.07, 6.45) is 0. The minimum absolute atomic E-state index is 0.853. The van der Waals surface area contributed by atoms with Crippen molar-refractivity contribution in [1.82, 2.24) is 10.2 Å². The van der Waals surface area contributed by atoms with Gasteiger partial charge in [-0.1, -0.05) is 12.1 Å². The van der Waals surface area contributed by atoms with Crippen LogP contribution in [0.15, 0.2) is 30.3 Å². The van der Waals surface area contributed by atoms with Crippen molar-refractivity contribution in [1.29, 1.82) is 0 Å². The Hall–Kier alpha value is -1.97. The van der Waals surface area contributed by atoms with E-state index in [2.05, 4.69) is 44.7 Å². The number of benzene rings is 1. The monoisotopic (exact) mass is 216 g/mol. The standard InChI is InChI=1S/C12H16N4/c1-13-12-8-11(14-15-12)9-4-6-10(7-5-9)16(2)3/h4-8H,1-3H3,(H2,13,14,15). The van der Waals surface area contributed by atoms with Crippen LogP contribution in [0.2, 0.25) is 0 Å². The van der Waals surface area contributed by atoms with Gasteiger partial charge in [0.05, 0.1) is 5.69 Å². The Morgan fingerprint density at radius 3 is 2.38 bits per heavy atom. The second-order valence-electron chi connectivity index (χ2n) is 3.86. The number of H-pyrrole nitrogens is 1. The van der Waals surface area contributed by atoms with Crippen LogP contribution in [0.3, 0.4) is 0 Å². The Kier molecular flexibility index (Phi) is 2.81. The van der Waals surface area contributed by atoms with E-state index in [0.29, 0.717) is 0 Å². The number of nitrogens with one attached hydrogen (secondary N) is 2. The molecule has 0 fully saturated rings. The highest BCUT2D eigenvalue weighted by Crippen LogP contribution is 2.22. The number of nitrogens with zero attached hydrogens (tertiary/aromatic N) is 2. The fourth-order valence-electron chi connectivity index (χ4n) is 1.54. The summed E-state index contributed by atoms with van der Waals surface area (Å²) in [6, 6.07) is 10.3. The molecule has 2 rings (SSSR count). The minimum atomic E-state index is 0.853. The second-order valence-corrected chi connectivity index (χ2v) is 3.86. The summed E-state index contributed by atoms with van der Waals surface area (Å²) in [6.45, 7) is 0. The molecule has 2 N–H and O–H groups in total. The third kappa shape index (κ3) is 2.00. The number of rotatable bonds is 3. The molecule has 16 heavy (non-hydrogen) atoms. The van der Waals surface area contributed by atoms with E-state index in [-0.39, 0.29) is 0 Å². The lowest BCUT2D eigenvalue weighted by molar-refractivity contribution is 1.09. The molecule has 4 heteroatoms. The summed E-state index contributed by atoms with van der Waals surface area (Å²) in [5.74, 6) is 0.853. The van der Waals surface area contributed by atoms with Gasteiger partial charge in [0.25, 0.3) is 0 Å². The van der Waals surface area contributed by atoms with Crippen LogP contribution < -0.4 is 10.2 Å². The highest BCUT2D eigenvalue weighted by atomic mass is 15.2. The minimum Gasteiger partial charge on any atom is -0.378 e. The van der Waals surface area contributed by atoms with Gasteiger partial charge in [-0.25, -0.2) is 0 Å². The van der Waals surface area contributed by atoms with Gasteiger partial charge in [0.1, 0.15) is 5.82 Å². The molecule has 0 aliphatic rings. The van der Waals surface area contributed by atoms with Gasteiger partial charge in [0, 0.05) is 32.9 Å². The third-order valence-electron chi connectivity index (χ3n) is 2.53. The fourth-order valence-corrected chi connectivity index (χ4v) is 1.54. The van der Waals surface area contributed by atoms with Crippen molar-refractivity contribution >= 4 is 11.5 Å². The summed E-state index contributed by atoms with van der Waals surface area (Å²) in [5.41, 5.74) is 3.35. The van der Waals surface area contributed by atoms with Crippen LogP contribution in [0.25, 0.3) is 11.3 Å². The molecule has 4 nitrogen and oxygen atoms in total. The van der Waals surface area contributed by atoms with Crippen LogP contribution >= 0.6 is 0 Å². The molecule has 0 aliphatic heterocycles. The molecule has 0 aliphatic carbocycles. The summed E-state index contributed by atoms with van der Waals surface area (Å²) in [4.78, 5) is 2.08. The lowest BCUT2D eigenvalue weighted by Crippen LogP contribution is -2.07. The SMILES string of the molecule is CNc1cc(-c2ccc(N(C)C)cc2)[nH]n1. The van der Waals surface area contributed by atoms with Gasteiger partial charge in [-0.05, 0) is 17.7 Å². The fraction of sp³-hybridized carbons (Fsp3) is 0.250. The van der Waals surface area contributed by atoms with Crippen molar-refractivity contribution in [2.45, 2.75) is 0 Å². The van der Waals surface area contributed by atoms with Gasteiger partial charge in [-0.2, -0.15) is 5.10 Å². The maximum absolute atomic E-state index is 4.12. The maximum atomic E-state index is 4.12. The van der Waals surface area contributed by atoms with E-state index in [1.54, 1.807) is 0 Å². The highest BCUT2D eigenvalue weighted by molar-refractivity contribution is 5.65. The van der Waals surface area contributed by atoms with Crippen LogP contribution in [-0.2, 0) is 0 Å². The van der Waals surface area contributed by atoms with Crippen molar-refractivity contribution < 1.29 is 0 Å². The first kappa shape index (κ1) is 10.5. The molecule has 0 atom stereocenters. The Balaban J connectivity index is 2.27. The van der Waals surface area contributed by atoms with E-state index >= 15 is 0 Å². The van der Waals surface area contributed by atoms with E-state index in [0.717, 1.165) is 17.1 Å². The smallest absolute Gasteiger partial charge is 0.148 e. The van der Waals surface area contributed by atoms with Gasteiger partial charge in [0.15, 0.2) is 0 Å². The predicted molar refractivity (Wildman–Crippen MR) is 67.9 cm³/mol. The Labute approximate surface area is 95.3 Å². The summed E-state index contributed by atoms with van der Waals surface area (Å²) in [5, 5.41) is 10.1. The molecular formula is C12H16N4. The molecule has 0 spiro atoms. The molecule has 1 aromatic carbocycles. The number of aromatic nitrogens is 2. The largest absolute Gasteiger partial charge is 0.378 e. The third-order valence-corrected chi connectivity index (χ3v) is 2.53. The van der Waals surface area contributed by atoms with Crippen LogP contribution in [-0.4, -0.2) is 31.3 Å². The molecule has 0 radical (unpaired) electrons. The summed E-state index contributed by atoms with van der Waals surface area (Å²) >= 11 is 0. The van der Waals surface area contributed by atoms with Crippen molar-refractivity contribution in [2.75, 3.05) is 31.4 Å². The van der Waals surface area contributed by atoms with Gasteiger partial charge < -0.3 is 10.2 Å². The summed E-state index contributed by atoms with van der Waals surface area (Å²) in [7, 11) is 5.92. The highest BCUT2D eigenvalue weighted by Gasteiger charge is 2.02. The Bertz CT molecular complexity index is 456. The van der Waals surface area contributed by atoms with E-state index in [9.17, 15) is 0 Å².